The normalized spacial score (nSPS) is 11.8. The average Bonchev–Trinajstić information content (AvgIpc) is 2.84. The Morgan fingerprint density at radius 2 is 1.09 bits per heavy atom. The van der Waals surface area contributed by atoms with Gasteiger partial charge in [0.1, 0.15) is 5.75 Å². The molecule has 0 radical (unpaired) electrons. The highest BCUT2D eigenvalue weighted by molar-refractivity contribution is 5.53. The van der Waals surface area contributed by atoms with Gasteiger partial charge in [-0.15, -0.1) is 0 Å². The minimum absolute atomic E-state index is 0.210. The molecule has 0 fully saturated rings. The number of aryl methyl sites for hydroxylation is 1. The molecule has 2 aromatic rings. The maximum atomic E-state index is 11.1. The largest absolute Gasteiger partial charge is 0.508 e. The van der Waals surface area contributed by atoms with E-state index in [1.165, 1.54) is 107 Å². The van der Waals surface area contributed by atoms with Crippen molar-refractivity contribution in [3.63, 3.8) is 0 Å². The Morgan fingerprint density at radius 3 is 1.65 bits per heavy atom. The zero-order chi connectivity index (χ0) is 24.7. The third-order valence-corrected chi connectivity index (χ3v) is 7.59. The zero-order valence-corrected chi connectivity index (χ0v) is 22.8. The lowest BCUT2D eigenvalue weighted by Gasteiger charge is -2.31. The SMILES string of the molecule is CCCCCCCCCc1ccc(O)c(C(C)(C)c2ccccc2)c1CCCCCCCCC. The van der Waals surface area contributed by atoms with Crippen molar-refractivity contribution >= 4 is 0 Å². The van der Waals surface area contributed by atoms with Crippen molar-refractivity contribution in [2.45, 2.75) is 136 Å². The molecule has 0 aliphatic rings. The van der Waals surface area contributed by atoms with Crippen LogP contribution in [0.4, 0.5) is 0 Å². The molecule has 1 heteroatoms. The fraction of sp³-hybridized carbons (Fsp3) is 0.636. The zero-order valence-electron chi connectivity index (χ0n) is 22.8. The molecule has 0 saturated carbocycles. The van der Waals surface area contributed by atoms with Crippen LogP contribution < -0.4 is 0 Å². The number of phenolic OH excluding ortho intramolecular Hbond substituents is 1. The molecule has 1 nitrogen and oxygen atoms in total. The number of phenols is 1. The van der Waals surface area contributed by atoms with E-state index in [4.69, 9.17) is 0 Å². The lowest BCUT2D eigenvalue weighted by Crippen LogP contribution is -2.22. The number of hydrogen-bond donors (Lipinski definition) is 1. The summed E-state index contributed by atoms with van der Waals surface area (Å²) in [5.41, 5.74) is 5.12. The first-order chi connectivity index (χ1) is 16.5. The van der Waals surface area contributed by atoms with Crippen LogP contribution in [0.3, 0.4) is 0 Å². The standard InChI is InChI=1S/C33H52O/c1-5-7-9-11-13-15-18-22-28-26-27-31(34)32(33(3,4)29-23-19-17-20-24-29)30(28)25-21-16-14-12-10-8-6-2/h17,19-20,23-24,26-27,34H,5-16,18,21-22,25H2,1-4H3. The second kappa shape index (κ2) is 16.0. The molecule has 190 valence electrons. The first-order valence-electron chi connectivity index (χ1n) is 14.4. The topological polar surface area (TPSA) is 20.2 Å². The number of hydrogen-bond acceptors (Lipinski definition) is 1. The third kappa shape index (κ3) is 9.12. The molecule has 0 heterocycles. The van der Waals surface area contributed by atoms with Crippen molar-refractivity contribution in [2.75, 3.05) is 0 Å². The molecule has 0 aliphatic heterocycles. The molecule has 2 aromatic carbocycles. The van der Waals surface area contributed by atoms with Crippen LogP contribution in [-0.4, -0.2) is 5.11 Å². The van der Waals surface area contributed by atoms with E-state index in [2.05, 4.69) is 64.1 Å². The molecule has 0 atom stereocenters. The quantitative estimate of drug-likeness (QED) is 0.217. The van der Waals surface area contributed by atoms with Gasteiger partial charge in [-0.25, -0.2) is 0 Å². The predicted molar refractivity (Wildman–Crippen MR) is 150 cm³/mol. The summed E-state index contributed by atoms with van der Waals surface area (Å²) in [5, 5.41) is 11.1. The first-order valence-corrected chi connectivity index (χ1v) is 14.4. The molecule has 0 bridgehead atoms. The Bertz CT molecular complexity index is 790. The van der Waals surface area contributed by atoms with Crippen molar-refractivity contribution < 1.29 is 5.11 Å². The molecular weight excluding hydrogens is 412 g/mol. The minimum Gasteiger partial charge on any atom is -0.508 e. The predicted octanol–water partition coefficient (Wildman–Crippen LogP) is 10.3. The van der Waals surface area contributed by atoms with E-state index < -0.39 is 0 Å². The van der Waals surface area contributed by atoms with E-state index in [1.54, 1.807) is 0 Å². The van der Waals surface area contributed by atoms with Crippen LogP contribution in [0.1, 0.15) is 140 Å². The van der Waals surface area contributed by atoms with Crippen molar-refractivity contribution in [1.82, 2.24) is 0 Å². The Morgan fingerprint density at radius 1 is 0.588 bits per heavy atom. The maximum absolute atomic E-state index is 11.1. The molecule has 0 spiro atoms. The van der Waals surface area contributed by atoms with Crippen molar-refractivity contribution in [2.24, 2.45) is 0 Å². The van der Waals surface area contributed by atoms with Crippen LogP contribution in [0, 0.1) is 0 Å². The highest BCUT2D eigenvalue weighted by Gasteiger charge is 2.30. The maximum Gasteiger partial charge on any atom is 0.119 e. The van der Waals surface area contributed by atoms with Gasteiger partial charge >= 0.3 is 0 Å². The molecule has 34 heavy (non-hydrogen) atoms. The fourth-order valence-corrected chi connectivity index (χ4v) is 5.43. The summed E-state index contributed by atoms with van der Waals surface area (Å²) in [6.07, 6.45) is 20.9. The highest BCUT2D eigenvalue weighted by atomic mass is 16.3. The summed E-state index contributed by atoms with van der Waals surface area (Å²) in [4.78, 5) is 0. The highest BCUT2D eigenvalue weighted by Crippen LogP contribution is 2.41. The van der Waals surface area contributed by atoms with Crippen molar-refractivity contribution in [1.29, 1.82) is 0 Å². The molecule has 0 aromatic heterocycles. The fourth-order valence-electron chi connectivity index (χ4n) is 5.43. The molecule has 1 N–H and O–H groups in total. The Kier molecular flexibility index (Phi) is 13.4. The molecule has 0 saturated heterocycles. The van der Waals surface area contributed by atoms with Gasteiger partial charge in [-0.1, -0.05) is 141 Å². The van der Waals surface area contributed by atoms with E-state index in [0.717, 1.165) is 18.4 Å². The minimum atomic E-state index is -0.210. The number of unbranched alkanes of at least 4 members (excludes halogenated alkanes) is 12. The van der Waals surface area contributed by atoms with Crippen molar-refractivity contribution in [3.8, 4) is 5.75 Å². The van der Waals surface area contributed by atoms with Gasteiger partial charge in [0.25, 0.3) is 0 Å². The van der Waals surface area contributed by atoms with Gasteiger partial charge in [0, 0.05) is 11.0 Å². The van der Waals surface area contributed by atoms with Crippen molar-refractivity contribution in [3.05, 3.63) is 64.7 Å². The molecule has 0 amide bonds. The number of benzene rings is 2. The van der Waals surface area contributed by atoms with Gasteiger partial charge in [-0.05, 0) is 48.4 Å². The Hall–Kier alpha value is -1.76. The van der Waals surface area contributed by atoms with E-state index >= 15 is 0 Å². The van der Waals surface area contributed by atoms with Gasteiger partial charge in [0.05, 0.1) is 0 Å². The lowest BCUT2D eigenvalue weighted by atomic mass is 9.73. The van der Waals surface area contributed by atoms with E-state index in [-0.39, 0.29) is 5.41 Å². The van der Waals surface area contributed by atoms with Crippen LogP contribution in [0.15, 0.2) is 42.5 Å². The van der Waals surface area contributed by atoms with E-state index in [9.17, 15) is 5.11 Å². The average molecular weight is 465 g/mol. The summed E-state index contributed by atoms with van der Waals surface area (Å²) >= 11 is 0. The summed E-state index contributed by atoms with van der Waals surface area (Å²) in [6.45, 7) is 9.13. The van der Waals surface area contributed by atoms with Crippen LogP contribution >= 0.6 is 0 Å². The Labute approximate surface area is 211 Å². The number of rotatable bonds is 18. The van der Waals surface area contributed by atoms with Gasteiger partial charge < -0.3 is 5.11 Å². The Balaban J connectivity index is 2.15. The lowest BCUT2D eigenvalue weighted by molar-refractivity contribution is 0.449. The molecular formula is C33H52O. The molecule has 0 aliphatic carbocycles. The smallest absolute Gasteiger partial charge is 0.119 e. The van der Waals surface area contributed by atoms with Gasteiger partial charge in [-0.2, -0.15) is 0 Å². The number of aromatic hydroxyl groups is 1. The summed E-state index contributed by atoms with van der Waals surface area (Å²) in [7, 11) is 0. The second-order valence-electron chi connectivity index (χ2n) is 10.8. The van der Waals surface area contributed by atoms with Crippen LogP contribution in [0.25, 0.3) is 0 Å². The second-order valence-corrected chi connectivity index (χ2v) is 10.8. The van der Waals surface area contributed by atoms with E-state index in [1.807, 2.05) is 6.07 Å². The van der Waals surface area contributed by atoms with Gasteiger partial charge in [-0.3, -0.25) is 0 Å². The third-order valence-electron chi connectivity index (χ3n) is 7.59. The van der Waals surface area contributed by atoms with Gasteiger partial charge in [0.15, 0.2) is 0 Å². The van der Waals surface area contributed by atoms with Crippen LogP contribution in [0.2, 0.25) is 0 Å². The summed E-state index contributed by atoms with van der Waals surface area (Å²) < 4.78 is 0. The van der Waals surface area contributed by atoms with E-state index in [0.29, 0.717) is 5.75 Å². The first kappa shape index (κ1) is 28.5. The van der Waals surface area contributed by atoms with Gasteiger partial charge in [0.2, 0.25) is 0 Å². The monoisotopic (exact) mass is 464 g/mol. The molecule has 2 rings (SSSR count). The van der Waals surface area contributed by atoms with Crippen LogP contribution in [0.5, 0.6) is 5.75 Å². The van der Waals surface area contributed by atoms with Crippen LogP contribution in [-0.2, 0) is 18.3 Å². The summed E-state index contributed by atoms with van der Waals surface area (Å²) in [6, 6.07) is 14.9. The molecule has 0 unspecified atom stereocenters. The summed E-state index contributed by atoms with van der Waals surface area (Å²) in [5.74, 6) is 0.468.